The van der Waals surface area contributed by atoms with Crippen LogP contribution in [0.2, 0.25) is 0 Å². The first-order valence-corrected chi connectivity index (χ1v) is 9.93. The van der Waals surface area contributed by atoms with Gasteiger partial charge >= 0.3 is 0 Å². The van der Waals surface area contributed by atoms with Gasteiger partial charge in [0.1, 0.15) is 11.5 Å². The van der Waals surface area contributed by atoms with Gasteiger partial charge in [0.15, 0.2) is 5.17 Å². The summed E-state index contributed by atoms with van der Waals surface area (Å²) in [7, 11) is 0. The van der Waals surface area contributed by atoms with Crippen molar-refractivity contribution in [2.45, 2.75) is 19.3 Å². The zero-order valence-electron chi connectivity index (χ0n) is 13.6. The minimum absolute atomic E-state index is 0.174. The fourth-order valence-corrected chi connectivity index (χ4v) is 4.16. The Hall–Kier alpha value is -1.79. The average molecular weight is 417 g/mol. The van der Waals surface area contributed by atoms with E-state index in [9.17, 15) is 4.79 Å². The molecule has 6 heteroatoms. The molecule has 25 heavy (non-hydrogen) atoms. The smallest absolute Gasteiger partial charge is 0.286 e. The summed E-state index contributed by atoms with van der Waals surface area (Å²) < 4.78 is 6.91. The monoisotopic (exact) mass is 416 g/mol. The summed E-state index contributed by atoms with van der Waals surface area (Å²) in [4.78, 5) is 19.2. The third kappa shape index (κ3) is 3.75. The summed E-state index contributed by atoms with van der Waals surface area (Å²) in [5, 5.41) is 0.829. The van der Waals surface area contributed by atoms with Crippen LogP contribution < -0.4 is 0 Å². The van der Waals surface area contributed by atoms with Crippen molar-refractivity contribution in [2.24, 2.45) is 4.99 Å². The van der Waals surface area contributed by atoms with E-state index in [-0.39, 0.29) is 5.91 Å². The first-order valence-electron chi connectivity index (χ1n) is 8.32. The van der Waals surface area contributed by atoms with Gasteiger partial charge in [0.25, 0.3) is 5.91 Å². The summed E-state index contributed by atoms with van der Waals surface area (Å²) in [5.74, 6) is 1.28. The zero-order valence-corrected chi connectivity index (χ0v) is 16.0. The molecule has 4 nitrogen and oxygen atoms in total. The molecule has 1 aromatic heterocycles. The number of likely N-dealkylation sites (tertiary alicyclic amines) is 1. The molecule has 0 saturated carbocycles. The topological polar surface area (TPSA) is 45.8 Å². The van der Waals surface area contributed by atoms with Crippen molar-refractivity contribution >= 4 is 44.8 Å². The highest BCUT2D eigenvalue weighted by atomic mass is 79.9. The molecule has 0 unspecified atom stereocenters. The maximum Gasteiger partial charge on any atom is 0.286 e. The number of amidine groups is 1. The second-order valence-corrected chi connectivity index (χ2v) is 7.99. The van der Waals surface area contributed by atoms with Gasteiger partial charge in [0, 0.05) is 29.2 Å². The third-order valence-corrected chi connectivity index (χ3v) is 5.84. The summed E-state index contributed by atoms with van der Waals surface area (Å²) >= 11 is 4.88. The third-order valence-electron chi connectivity index (χ3n) is 4.26. The zero-order chi connectivity index (χ0) is 17.2. The molecule has 0 radical (unpaired) electrons. The van der Waals surface area contributed by atoms with E-state index in [0.717, 1.165) is 34.1 Å². The predicted octanol–water partition coefficient (Wildman–Crippen LogP) is 5.17. The van der Waals surface area contributed by atoms with Gasteiger partial charge < -0.3 is 9.32 Å². The molecule has 128 valence electrons. The quantitative estimate of drug-likeness (QED) is 0.633. The normalized spacial score (nSPS) is 19.6. The maximum absolute atomic E-state index is 12.2. The summed E-state index contributed by atoms with van der Waals surface area (Å²) in [6.07, 6.45) is 5.38. The minimum atomic E-state index is -0.174. The van der Waals surface area contributed by atoms with Crippen LogP contribution >= 0.6 is 27.7 Å². The van der Waals surface area contributed by atoms with Gasteiger partial charge in [-0.3, -0.25) is 4.79 Å². The van der Waals surface area contributed by atoms with Crippen molar-refractivity contribution in [3.05, 3.63) is 51.5 Å². The van der Waals surface area contributed by atoms with Gasteiger partial charge in [-0.2, -0.15) is 4.99 Å². The van der Waals surface area contributed by atoms with Crippen LogP contribution in [0.1, 0.15) is 25.0 Å². The lowest BCUT2D eigenvalue weighted by atomic mass is 10.1. The van der Waals surface area contributed by atoms with E-state index in [1.54, 1.807) is 6.08 Å². The Labute approximate surface area is 159 Å². The molecule has 1 amide bonds. The van der Waals surface area contributed by atoms with Crippen LogP contribution in [0, 0.1) is 0 Å². The number of carbonyl (C=O) groups excluding carboxylic acids is 1. The maximum atomic E-state index is 12.2. The van der Waals surface area contributed by atoms with Crippen LogP contribution in [-0.2, 0) is 4.79 Å². The number of rotatable bonds is 2. The Morgan fingerprint density at radius 2 is 1.84 bits per heavy atom. The average Bonchev–Trinajstić information content (AvgIpc) is 3.24. The molecular formula is C19H17BrN2O2S. The van der Waals surface area contributed by atoms with Crippen LogP contribution in [-0.4, -0.2) is 29.1 Å². The molecule has 0 aliphatic carbocycles. The molecule has 4 rings (SSSR count). The van der Waals surface area contributed by atoms with Crippen LogP contribution in [0.15, 0.2) is 55.2 Å². The number of amides is 1. The lowest BCUT2D eigenvalue weighted by Crippen LogP contribution is -2.33. The van der Waals surface area contributed by atoms with Crippen LogP contribution in [0.25, 0.3) is 17.4 Å². The van der Waals surface area contributed by atoms with Crippen LogP contribution in [0.3, 0.4) is 0 Å². The minimum Gasteiger partial charge on any atom is -0.457 e. The van der Waals surface area contributed by atoms with Crippen molar-refractivity contribution in [3.63, 3.8) is 0 Å². The molecule has 1 saturated heterocycles. The molecule has 1 fully saturated rings. The van der Waals surface area contributed by atoms with Gasteiger partial charge in [0.2, 0.25) is 0 Å². The molecule has 2 aliphatic heterocycles. The van der Waals surface area contributed by atoms with E-state index in [2.05, 4.69) is 25.8 Å². The summed E-state index contributed by atoms with van der Waals surface area (Å²) in [6, 6.07) is 11.7. The molecule has 1 aromatic carbocycles. The Bertz CT molecular complexity index is 849. The Morgan fingerprint density at radius 3 is 2.60 bits per heavy atom. The highest BCUT2D eigenvalue weighted by Gasteiger charge is 2.27. The molecule has 3 heterocycles. The number of nitrogens with zero attached hydrogens (tertiary/aromatic N) is 2. The number of halogens is 1. The van der Waals surface area contributed by atoms with E-state index >= 15 is 0 Å². The van der Waals surface area contributed by atoms with E-state index in [1.165, 1.54) is 31.0 Å². The number of aliphatic imine (C=N–C) groups is 1. The van der Waals surface area contributed by atoms with Crippen LogP contribution in [0.4, 0.5) is 0 Å². The van der Waals surface area contributed by atoms with E-state index in [1.807, 2.05) is 36.4 Å². The van der Waals surface area contributed by atoms with Gasteiger partial charge in [-0.05, 0) is 55.3 Å². The first kappa shape index (κ1) is 16.7. The highest BCUT2D eigenvalue weighted by Crippen LogP contribution is 2.32. The standard InChI is InChI=1S/C19H17BrN2O2S/c20-14-6-4-13(5-7-14)16-9-8-15(24-16)12-17-18(23)21-19(25-17)22-10-2-1-3-11-22/h4-9,12H,1-3,10-11H2/b17-12-. The van der Waals surface area contributed by atoms with Crippen molar-refractivity contribution in [1.29, 1.82) is 0 Å². The molecule has 0 spiro atoms. The summed E-state index contributed by atoms with van der Waals surface area (Å²) in [6.45, 7) is 1.97. The number of piperidine rings is 1. The molecule has 2 aromatic rings. The summed E-state index contributed by atoms with van der Waals surface area (Å²) in [5.41, 5.74) is 1.00. The number of benzene rings is 1. The van der Waals surface area contributed by atoms with E-state index in [0.29, 0.717) is 10.7 Å². The fraction of sp³-hybridized carbons (Fsp3) is 0.263. The molecular weight excluding hydrogens is 400 g/mol. The Kier molecular flexibility index (Phi) is 4.81. The Morgan fingerprint density at radius 1 is 1.08 bits per heavy atom. The number of carbonyl (C=O) groups is 1. The van der Waals surface area contributed by atoms with Gasteiger partial charge in [-0.1, -0.05) is 28.1 Å². The van der Waals surface area contributed by atoms with Crippen LogP contribution in [0.5, 0.6) is 0 Å². The van der Waals surface area contributed by atoms with Crippen molar-refractivity contribution in [2.75, 3.05) is 13.1 Å². The molecule has 2 aliphatic rings. The SMILES string of the molecule is O=C1N=C(N2CCCCC2)S/C1=C\c1ccc(-c2ccc(Br)cc2)o1. The van der Waals surface area contributed by atoms with Crippen molar-refractivity contribution in [3.8, 4) is 11.3 Å². The number of thioether (sulfide) groups is 1. The second-order valence-electron chi connectivity index (χ2n) is 6.07. The Balaban J connectivity index is 1.50. The second kappa shape index (κ2) is 7.22. The van der Waals surface area contributed by atoms with Gasteiger partial charge in [-0.15, -0.1) is 0 Å². The molecule has 0 N–H and O–H groups in total. The van der Waals surface area contributed by atoms with E-state index in [4.69, 9.17) is 4.42 Å². The fourth-order valence-electron chi connectivity index (χ4n) is 2.95. The van der Waals surface area contributed by atoms with Gasteiger partial charge in [0.05, 0.1) is 4.91 Å². The van der Waals surface area contributed by atoms with Gasteiger partial charge in [-0.25, -0.2) is 0 Å². The van der Waals surface area contributed by atoms with Crippen molar-refractivity contribution in [1.82, 2.24) is 4.90 Å². The highest BCUT2D eigenvalue weighted by molar-refractivity contribution is 9.10. The number of hydrogen-bond donors (Lipinski definition) is 0. The predicted molar refractivity (Wildman–Crippen MR) is 105 cm³/mol. The lowest BCUT2D eigenvalue weighted by molar-refractivity contribution is -0.113. The van der Waals surface area contributed by atoms with E-state index < -0.39 is 0 Å². The number of furan rings is 1. The largest absolute Gasteiger partial charge is 0.457 e. The molecule has 0 atom stereocenters. The first-order chi connectivity index (χ1) is 12.2. The molecule has 0 bridgehead atoms. The van der Waals surface area contributed by atoms with Crippen molar-refractivity contribution < 1.29 is 9.21 Å². The lowest BCUT2D eigenvalue weighted by Gasteiger charge is -2.27. The number of hydrogen-bond acceptors (Lipinski definition) is 4.